The molecule has 2 heteroatoms. The zero-order valence-corrected chi connectivity index (χ0v) is 11.1. The molecule has 0 fully saturated rings. The van der Waals surface area contributed by atoms with E-state index >= 15 is 0 Å². The van der Waals surface area contributed by atoms with Gasteiger partial charge in [-0.05, 0) is 62.3 Å². The Morgan fingerprint density at radius 1 is 1.11 bits per heavy atom. The molecule has 0 saturated carbocycles. The van der Waals surface area contributed by atoms with Gasteiger partial charge >= 0.3 is 0 Å². The summed E-state index contributed by atoms with van der Waals surface area (Å²) in [6, 6.07) is 6.22. The number of anilines is 1. The highest BCUT2D eigenvalue weighted by molar-refractivity contribution is 6.09. The highest BCUT2D eigenvalue weighted by Crippen LogP contribution is 2.36. The molecule has 1 aromatic rings. The average Bonchev–Trinajstić information content (AvgIpc) is 2.71. The average molecular weight is 241 g/mol. The number of carbonyl (C=O) groups excluding carboxylic acids is 1. The summed E-state index contributed by atoms with van der Waals surface area (Å²) in [7, 11) is 0. The fraction of sp³-hybridized carbons (Fsp3) is 0.438. The highest BCUT2D eigenvalue weighted by Gasteiger charge is 2.32. The second-order valence-electron chi connectivity index (χ2n) is 5.40. The number of hydrogen-bond acceptors (Lipinski definition) is 1. The van der Waals surface area contributed by atoms with Crippen LogP contribution in [0.2, 0.25) is 0 Å². The van der Waals surface area contributed by atoms with Gasteiger partial charge in [0.1, 0.15) is 0 Å². The van der Waals surface area contributed by atoms with Crippen LogP contribution >= 0.6 is 0 Å². The first-order valence-corrected chi connectivity index (χ1v) is 6.77. The van der Waals surface area contributed by atoms with E-state index in [1.165, 1.54) is 29.5 Å². The molecule has 0 radical (unpaired) electrons. The molecule has 2 nitrogen and oxygen atoms in total. The Labute approximate surface area is 108 Å². The Hall–Kier alpha value is -1.57. The third-order valence-electron chi connectivity index (χ3n) is 4.30. The van der Waals surface area contributed by atoms with Gasteiger partial charge in [-0.15, -0.1) is 0 Å². The SMILES string of the molecule is Cc1cccc(N2CC3=C(CCCC3)C2=O)c1C. The van der Waals surface area contributed by atoms with Crippen LogP contribution in [-0.2, 0) is 4.79 Å². The molecule has 0 saturated heterocycles. The van der Waals surface area contributed by atoms with Crippen molar-refractivity contribution in [3.63, 3.8) is 0 Å². The molecule has 1 heterocycles. The van der Waals surface area contributed by atoms with Crippen molar-refractivity contribution in [1.29, 1.82) is 0 Å². The minimum Gasteiger partial charge on any atom is -0.304 e. The second kappa shape index (κ2) is 4.27. The zero-order valence-electron chi connectivity index (χ0n) is 11.1. The van der Waals surface area contributed by atoms with Gasteiger partial charge in [0.15, 0.2) is 0 Å². The van der Waals surface area contributed by atoms with Crippen molar-refractivity contribution in [2.24, 2.45) is 0 Å². The predicted octanol–water partition coefficient (Wildman–Crippen LogP) is 3.52. The predicted molar refractivity (Wildman–Crippen MR) is 73.8 cm³/mol. The van der Waals surface area contributed by atoms with Crippen molar-refractivity contribution in [2.75, 3.05) is 11.4 Å². The third kappa shape index (κ3) is 1.67. The standard InChI is InChI=1S/C16H19NO/c1-11-6-5-9-15(12(11)2)17-10-13-7-3-4-8-14(13)16(17)18/h5-6,9H,3-4,7-8,10H2,1-2H3. The van der Waals surface area contributed by atoms with E-state index in [-0.39, 0.29) is 5.91 Å². The lowest BCUT2D eigenvalue weighted by molar-refractivity contribution is -0.114. The Kier molecular flexibility index (Phi) is 2.73. The molecule has 0 aromatic heterocycles. The summed E-state index contributed by atoms with van der Waals surface area (Å²) in [5.74, 6) is 0.249. The van der Waals surface area contributed by atoms with Gasteiger partial charge in [-0.3, -0.25) is 4.79 Å². The largest absolute Gasteiger partial charge is 0.304 e. The topological polar surface area (TPSA) is 20.3 Å². The van der Waals surface area contributed by atoms with Crippen LogP contribution in [0.15, 0.2) is 29.3 Å². The number of benzene rings is 1. The lowest BCUT2D eigenvalue weighted by Gasteiger charge is -2.20. The van der Waals surface area contributed by atoms with E-state index in [4.69, 9.17) is 0 Å². The molecular formula is C16H19NO. The van der Waals surface area contributed by atoms with Crippen molar-refractivity contribution < 1.29 is 4.79 Å². The van der Waals surface area contributed by atoms with Crippen LogP contribution in [-0.4, -0.2) is 12.5 Å². The van der Waals surface area contributed by atoms with Crippen LogP contribution in [0.5, 0.6) is 0 Å². The van der Waals surface area contributed by atoms with Gasteiger partial charge in [0.25, 0.3) is 5.91 Å². The zero-order chi connectivity index (χ0) is 12.7. The van der Waals surface area contributed by atoms with Gasteiger partial charge in [0.05, 0.1) is 0 Å². The van der Waals surface area contributed by atoms with E-state index in [1.807, 2.05) is 11.0 Å². The van der Waals surface area contributed by atoms with Crippen LogP contribution in [0.3, 0.4) is 0 Å². The van der Waals surface area contributed by atoms with Gasteiger partial charge in [-0.1, -0.05) is 12.1 Å². The van der Waals surface area contributed by atoms with Gasteiger partial charge in [-0.25, -0.2) is 0 Å². The Morgan fingerprint density at radius 2 is 1.89 bits per heavy atom. The van der Waals surface area contributed by atoms with Crippen LogP contribution in [0, 0.1) is 13.8 Å². The summed E-state index contributed by atoms with van der Waals surface area (Å²) in [5.41, 5.74) is 6.06. The van der Waals surface area contributed by atoms with E-state index < -0.39 is 0 Å². The molecule has 3 rings (SSSR count). The lowest BCUT2D eigenvalue weighted by atomic mass is 9.94. The first-order valence-electron chi connectivity index (χ1n) is 6.77. The summed E-state index contributed by atoms with van der Waals surface area (Å²) in [4.78, 5) is 14.4. The maximum Gasteiger partial charge on any atom is 0.254 e. The van der Waals surface area contributed by atoms with Crippen molar-refractivity contribution in [1.82, 2.24) is 0 Å². The normalized spacial score (nSPS) is 19.4. The van der Waals surface area contributed by atoms with Gasteiger partial charge in [0, 0.05) is 17.8 Å². The van der Waals surface area contributed by atoms with Gasteiger partial charge in [0.2, 0.25) is 0 Å². The maximum absolute atomic E-state index is 12.5. The summed E-state index contributed by atoms with van der Waals surface area (Å²) in [6.07, 6.45) is 4.51. The number of rotatable bonds is 1. The molecule has 0 unspecified atom stereocenters. The molecule has 0 N–H and O–H groups in total. The molecule has 0 spiro atoms. The molecule has 1 aliphatic carbocycles. The number of carbonyl (C=O) groups is 1. The Bertz CT molecular complexity index is 542. The molecule has 1 aromatic carbocycles. The van der Waals surface area contributed by atoms with Crippen molar-refractivity contribution >= 4 is 11.6 Å². The van der Waals surface area contributed by atoms with Crippen molar-refractivity contribution in [3.8, 4) is 0 Å². The van der Waals surface area contributed by atoms with Crippen molar-refractivity contribution in [2.45, 2.75) is 39.5 Å². The van der Waals surface area contributed by atoms with E-state index in [1.54, 1.807) is 0 Å². The second-order valence-corrected chi connectivity index (χ2v) is 5.40. The monoisotopic (exact) mass is 241 g/mol. The number of nitrogens with zero attached hydrogens (tertiary/aromatic N) is 1. The molecule has 18 heavy (non-hydrogen) atoms. The van der Waals surface area contributed by atoms with Gasteiger partial charge in [-0.2, -0.15) is 0 Å². The van der Waals surface area contributed by atoms with E-state index in [0.29, 0.717) is 0 Å². The van der Waals surface area contributed by atoms with Crippen LogP contribution in [0.4, 0.5) is 5.69 Å². The van der Waals surface area contributed by atoms with E-state index in [2.05, 4.69) is 26.0 Å². The molecule has 94 valence electrons. The minimum absolute atomic E-state index is 0.249. The Balaban J connectivity index is 1.96. The first-order chi connectivity index (χ1) is 8.68. The summed E-state index contributed by atoms with van der Waals surface area (Å²) in [6.45, 7) is 5.03. The fourth-order valence-corrected chi connectivity index (χ4v) is 3.05. The molecule has 1 amide bonds. The minimum atomic E-state index is 0.249. The smallest absolute Gasteiger partial charge is 0.254 e. The fourth-order valence-electron chi connectivity index (χ4n) is 3.05. The molecule has 2 aliphatic rings. The van der Waals surface area contributed by atoms with Crippen LogP contribution in [0.25, 0.3) is 0 Å². The number of hydrogen-bond donors (Lipinski definition) is 0. The molecule has 0 atom stereocenters. The van der Waals surface area contributed by atoms with Crippen LogP contribution < -0.4 is 4.90 Å². The lowest BCUT2D eigenvalue weighted by Crippen LogP contribution is -2.27. The quantitative estimate of drug-likeness (QED) is 0.736. The highest BCUT2D eigenvalue weighted by atomic mass is 16.2. The molecule has 0 bridgehead atoms. The van der Waals surface area contributed by atoms with Crippen LogP contribution in [0.1, 0.15) is 36.8 Å². The van der Waals surface area contributed by atoms with E-state index in [9.17, 15) is 4.79 Å². The van der Waals surface area contributed by atoms with E-state index in [0.717, 1.165) is 30.6 Å². The number of aryl methyl sites for hydroxylation is 1. The summed E-state index contributed by atoms with van der Waals surface area (Å²) >= 11 is 0. The molecular weight excluding hydrogens is 222 g/mol. The van der Waals surface area contributed by atoms with Crippen molar-refractivity contribution in [3.05, 3.63) is 40.5 Å². The summed E-state index contributed by atoms with van der Waals surface area (Å²) in [5, 5.41) is 0. The maximum atomic E-state index is 12.5. The Morgan fingerprint density at radius 3 is 2.67 bits per heavy atom. The van der Waals surface area contributed by atoms with Gasteiger partial charge < -0.3 is 4.90 Å². The first kappa shape index (κ1) is 11.5. The summed E-state index contributed by atoms with van der Waals surface area (Å²) < 4.78 is 0. The third-order valence-corrected chi connectivity index (χ3v) is 4.30. The molecule has 1 aliphatic heterocycles. The number of amides is 1.